The molecule has 210 valence electrons. The lowest BCUT2D eigenvalue weighted by Gasteiger charge is -2.45. The van der Waals surface area contributed by atoms with Gasteiger partial charge >= 0.3 is 0 Å². The lowest BCUT2D eigenvalue weighted by Crippen LogP contribution is -2.44. The summed E-state index contributed by atoms with van der Waals surface area (Å²) in [5.74, 6) is 1.41. The van der Waals surface area contributed by atoms with Gasteiger partial charge in [-0.05, 0) is 48.0 Å². The van der Waals surface area contributed by atoms with Gasteiger partial charge in [0.05, 0.1) is 27.9 Å². The van der Waals surface area contributed by atoms with Gasteiger partial charge in [0.2, 0.25) is 5.88 Å². The Morgan fingerprint density at radius 1 is 0.744 bits per heavy atom. The van der Waals surface area contributed by atoms with Gasteiger partial charge in [0.25, 0.3) is 0 Å². The molecule has 5 aromatic heterocycles. The molecule has 0 amide bonds. The number of benzene rings is 3. The van der Waals surface area contributed by atoms with Crippen molar-refractivity contribution >= 4 is 44.1 Å². The Hall–Kier alpha value is -5.30. The van der Waals surface area contributed by atoms with E-state index in [-0.39, 0.29) is 16.6 Å². The largest absolute Gasteiger partial charge is 0.506 e. The molecule has 1 aliphatic rings. The molecule has 8 aromatic rings. The summed E-state index contributed by atoms with van der Waals surface area (Å²) in [5.41, 5.74) is 8.06. The van der Waals surface area contributed by atoms with Crippen LogP contribution in [0.5, 0.6) is 17.4 Å². The third kappa shape index (κ3) is 2.94. The Balaban J connectivity index is 1.30. The molecule has 0 unspecified atom stereocenters. The number of aromatic nitrogens is 5. The van der Waals surface area contributed by atoms with Crippen LogP contribution in [0.25, 0.3) is 49.8 Å². The number of ether oxygens (including phenoxy) is 1. The molecule has 1 N–H and O–H groups in total. The Kier molecular flexibility index (Phi) is 4.50. The van der Waals surface area contributed by atoms with Crippen molar-refractivity contribution in [3.05, 3.63) is 109 Å². The summed E-state index contributed by atoms with van der Waals surface area (Å²) >= 11 is 0. The van der Waals surface area contributed by atoms with Crippen LogP contribution in [0.1, 0.15) is 39.0 Å². The Morgan fingerprint density at radius 3 is 2.42 bits per heavy atom. The van der Waals surface area contributed by atoms with Crippen molar-refractivity contribution in [3.8, 4) is 23.1 Å². The predicted octanol–water partition coefficient (Wildman–Crippen LogP) is 8.30. The van der Waals surface area contributed by atoms with Gasteiger partial charge in [0.1, 0.15) is 22.7 Å². The number of hydrogen-bond donors (Lipinski definition) is 1. The van der Waals surface area contributed by atoms with Crippen molar-refractivity contribution in [2.45, 2.75) is 38.5 Å². The summed E-state index contributed by atoms with van der Waals surface area (Å²) in [7, 11) is 0. The highest BCUT2D eigenvalue weighted by atomic mass is 16.5. The fourth-order valence-electron chi connectivity index (χ4n) is 7.19. The van der Waals surface area contributed by atoms with Crippen LogP contribution in [0.2, 0.25) is 0 Å². The molecule has 7 heteroatoms. The van der Waals surface area contributed by atoms with Gasteiger partial charge in [-0.15, -0.1) is 0 Å². The van der Waals surface area contributed by atoms with Crippen molar-refractivity contribution in [1.29, 1.82) is 0 Å². The van der Waals surface area contributed by atoms with Crippen molar-refractivity contribution in [3.63, 3.8) is 0 Å². The van der Waals surface area contributed by atoms with Crippen LogP contribution in [0.15, 0.2) is 97.3 Å². The minimum absolute atomic E-state index is 0.193. The molecule has 0 radical (unpaired) electrons. The Bertz CT molecular complexity index is 2400. The normalized spacial score (nSPS) is 15.4. The van der Waals surface area contributed by atoms with E-state index in [1.807, 2.05) is 41.1 Å². The summed E-state index contributed by atoms with van der Waals surface area (Å²) in [4.78, 5) is 9.87. The Morgan fingerprint density at radius 2 is 1.53 bits per heavy atom. The molecule has 3 aromatic carbocycles. The smallest absolute Gasteiger partial charge is 0.242 e. The highest BCUT2D eigenvalue weighted by molar-refractivity contribution is 6.07. The second-order valence-corrected chi connectivity index (χ2v) is 12.6. The number of hydrogen-bond acceptors (Lipinski definition) is 4. The lowest BCUT2D eigenvalue weighted by atomic mass is 9.61. The van der Waals surface area contributed by atoms with Gasteiger partial charge < -0.3 is 14.2 Å². The maximum atomic E-state index is 11.0. The van der Waals surface area contributed by atoms with E-state index in [1.54, 1.807) is 6.07 Å². The molecule has 0 atom stereocenters. The van der Waals surface area contributed by atoms with E-state index in [0.717, 1.165) is 44.4 Å². The van der Waals surface area contributed by atoms with E-state index in [4.69, 9.17) is 14.7 Å². The molecule has 0 fully saturated rings. The van der Waals surface area contributed by atoms with Gasteiger partial charge in [-0.25, -0.2) is 4.98 Å². The number of nitrogens with zero attached hydrogens (tertiary/aromatic N) is 5. The molecular weight excluding hydrogens is 534 g/mol. The predicted molar refractivity (Wildman–Crippen MR) is 170 cm³/mol. The highest BCUT2D eigenvalue weighted by Crippen LogP contribution is 2.53. The summed E-state index contributed by atoms with van der Waals surface area (Å²) in [6.07, 6.45) is 3.74. The Labute approximate surface area is 247 Å². The quantitative estimate of drug-likeness (QED) is 0.235. The number of para-hydroxylation sites is 2. The van der Waals surface area contributed by atoms with Crippen molar-refractivity contribution in [1.82, 2.24) is 23.3 Å². The van der Waals surface area contributed by atoms with Gasteiger partial charge in [-0.3, -0.25) is 8.97 Å². The van der Waals surface area contributed by atoms with Crippen LogP contribution in [0.4, 0.5) is 0 Å². The second kappa shape index (κ2) is 7.95. The zero-order chi connectivity index (χ0) is 29.2. The van der Waals surface area contributed by atoms with E-state index >= 15 is 0 Å². The fourth-order valence-corrected chi connectivity index (χ4v) is 7.19. The summed E-state index contributed by atoms with van der Waals surface area (Å²) in [6, 6.07) is 28.7. The van der Waals surface area contributed by atoms with Crippen LogP contribution in [-0.4, -0.2) is 28.4 Å². The molecule has 0 spiro atoms. The fraction of sp³-hybridized carbons (Fsp3) is 0.167. The number of rotatable bonds is 3. The molecular formula is C36H29N5O2. The van der Waals surface area contributed by atoms with E-state index in [1.165, 1.54) is 5.56 Å². The molecule has 43 heavy (non-hydrogen) atoms. The molecule has 0 saturated carbocycles. The van der Waals surface area contributed by atoms with Gasteiger partial charge in [0.15, 0.2) is 5.65 Å². The summed E-state index contributed by atoms with van der Waals surface area (Å²) in [5, 5.41) is 13.2. The first-order chi connectivity index (χ1) is 20.8. The van der Waals surface area contributed by atoms with Crippen molar-refractivity contribution in [2.24, 2.45) is 0 Å². The minimum atomic E-state index is -0.349. The monoisotopic (exact) mass is 563 g/mol. The van der Waals surface area contributed by atoms with E-state index in [0.29, 0.717) is 22.8 Å². The van der Waals surface area contributed by atoms with E-state index in [2.05, 4.69) is 91.3 Å². The van der Waals surface area contributed by atoms with Gasteiger partial charge in [0, 0.05) is 40.1 Å². The average molecular weight is 564 g/mol. The number of aromatic hydroxyl groups is 1. The van der Waals surface area contributed by atoms with Gasteiger partial charge in [-0.2, -0.15) is 4.98 Å². The maximum absolute atomic E-state index is 11.0. The molecule has 0 aliphatic carbocycles. The highest BCUT2D eigenvalue weighted by Gasteiger charge is 2.49. The molecule has 0 saturated heterocycles. The molecule has 1 aliphatic heterocycles. The topological polar surface area (TPSA) is 69.0 Å². The average Bonchev–Trinajstić information content (AvgIpc) is 3.68. The molecule has 7 nitrogen and oxygen atoms in total. The number of fused-ring (bicyclic) bond motifs is 6. The second-order valence-electron chi connectivity index (χ2n) is 12.6. The van der Waals surface area contributed by atoms with Crippen LogP contribution >= 0.6 is 0 Å². The lowest BCUT2D eigenvalue weighted by molar-refractivity contribution is 0.278. The molecule has 0 bridgehead atoms. The third-order valence-electron chi connectivity index (χ3n) is 9.97. The van der Waals surface area contributed by atoms with Crippen LogP contribution in [0, 0.1) is 0 Å². The van der Waals surface area contributed by atoms with Crippen LogP contribution in [0.3, 0.4) is 0 Å². The SMILES string of the molecule is CC1(C)c2cccc3c2n2c(c(Oc4cccc(-n5c6ccccc6c6cccnc65)c4)nc2c2c(O)ccn32)C1(C)C. The minimum Gasteiger partial charge on any atom is -0.506 e. The maximum Gasteiger partial charge on any atom is 0.242 e. The standard InChI is InChI=1S/C36H29N5O2/c1-35(2)25-14-8-16-27-29(25)41-31(36(35,3)4)34(38-33(41)30-28(42)17-19-39(27)30)43-22-11-7-10-21(20-22)40-26-15-6-5-12-23(26)24-13-9-18-37-32(24)40/h5-20,42H,1-4H3. The zero-order valence-electron chi connectivity index (χ0n) is 24.3. The van der Waals surface area contributed by atoms with Crippen LogP contribution < -0.4 is 4.74 Å². The van der Waals surface area contributed by atoms with Crippen molar-refractivity contribution in [2.75, 3.05) is 0 Å². The molecule has 9 rings (SSSR count). The third-order valence-corrected chi connectivity index (χ3v) is 9.97. The number of imidazole rings is 1. The summed E-state index contributed by atoms with van der Waals surface area (Å²) in [6.45, 7) is 9.10. The van der Waals surface area contributed by atoms with Crippen LogP contribution in [-0.2, 0) is 10.8 Å². The summed E-state index contributed by atoms with van der Waals surface area (Å²) < 4.78 is 13.2. The van der Waals surface area contributed by atoms with Gasteiger partial charge in [-0.1, -0.05) is 64.1 Å². The zero-order valence-corrected chi connectivity index (χ0v) is 24.3. The van der Waals surface area contributed by atoms with Crippen molar-refractivity contribution < 1.29 is 9.84 Å². The first kappa shape index (κ1) is 24.3. The number of pyridine rings is 1. The molecule has 6 heterocycles. The van der Waals surface area contributed by atoms with E-state index in [9.17, 15) is 5.11 Å². The first-order valence-electron chi connectivity index (χ1n) is 14.6. The first-order valence-corrected chi connectivity index (χ1v) is 14.6. The van der Waals surface area contributed by atoms with E-state index < -0.39 is 0 Å².